The fourth-order valence-corrected chi connectivity index (χ4v) is 4.66. The number of aliphatic carboxylic acids is 1. The third kappa shape index (κ3) is 4.63. The molecule has 1 N–H and O–H groups in total. The smallest absolute Gasteiger partial charge is 0.306 e. The Morgan fingerprint density at radius 2 is 1.90 bits per heavy atom. The van der Waals surface area contributed by atoms with Crippen LogP contribution in [0.1, 0.15) is 51.9 Å². The van der Waals surface area contributed by atoms with Gasteiger partial charge >= 0.3 is 5.97 Å². The van der Waals surface area contributed by atoms with Crippen LogP contribution in [0.15, 0.2) is 0 Å². The number of rotatable bonds is 4. The third-order valence-corrected chi connectivity index (χ3v) is 5.90. The van der Waals surface area contributed by atoms with E-state index < -0.39 is 5.97 Å². The van der Waals surface area contributed by atoms with Crippen LogP contribution in [0.5, 0.6) is 0 Å². The number of nitrogens with zero attached hydrogens (tertiary/aromatic N) is 1. The first kappa shape index (κ1) is 16.7. The second-order valence-electron chi connectivity index (χ2n) is 6.26. The van der Waals surface area contributed by atoms with E-state index in [2.05, 4.69) is 6.92 Å². The molecule has 0 aromatic carbocycles. The van der Waals surface area contributed by atoms with E-state index in [4.69, 9.17) is 0 Å². The predicted octanol–water partition coefficient (Wildman–Crippen LogP) is 3.01. The van der Waals surface area contributed by atoms with Crippen molar-refractivity contribution >= 4 is 23.6 Å². The first-order valence-electron chi connectivity index (χ1n) is 8.25. The van der Waals surface area contributed by atoms with E-state index in [0.29, 0.717) is 11.7 Å². The predicted molar refractivity (Wildman–Crippen MR) is 85.4 cm³/mol. The van der Waals surface area contributed by atoms with Gasteiger partial charge in [-0.05, 0) is 37.9 Å². The maximum atomic E-state index is 12.7. The quantitative estimate of drug-likeness (QED) is 0.867. The standard InChI is InChI=1S/C16H27NO3S/c1-2-21-14-8-3-4-9-17(11-14)15(18)12-6-5-7-13(10-12)16(19)20/h12-14H,2-11H2,1H3,(H,19,20). The van der Waals surface area contributed by atoms with Crippen LogP contribution >= 0.6 is 11.8 Å². The Morgan fingerprint density at radius 1 is 1.14 bits per heavy atom. The highest BCUT2D eigenvalue weighted by Gasteiger charge is 2.34. The summed E-state index contributed by atoms with van der Waals surface area (Å²) in [6, 6.07) is 0. The number of carboxylic acids is 1. The molecule has 4 nitrogen and oxygen atoms in total. The zero-order valence-corrected chi connectivity index (χ0v) is 13.7. The van der Waals surface area contributed by atoms with Crippen molar-refractivity contribution in [2.45, 2.75) is 57.1 Å². The van der Waals surface area contributed by atoms with Crippen LogP contribution in [0, 0.1) is 11.8 Å². The highest BCUT2D eigenvalue weighted by molar-refractivity contribution is 7.99. The Labute approximate surface area is 131 Å². The van der Waals surface area contributed by atoms with Gasteiger partial charge in [-0.1, -0.05) is 19.8 Å². The summed E-state index contributed by atoms with van der Waals surface area (Å²) in [5, 5.41) is 9.73. The molecule has 1 amide bonds. The van der Waals surface area contributed by atoms with Crippen molar-refractivity contribution in [3.8, 4) is 0 Å². The van der Waals surface area contributed by atoms with E-state index in [-0.39, 0.29) is 17.7 Å². The number of thioether (sulfide) groups is 1. The monoisotopic (exact) mass is 313 g/mol. The Hall–Kier alpha value is -0.710. The van der Waals surface area contributed by atoms with E-state index in [1.165, 1.54) is 12.8 Å². The molecule has 1 heterocycles. The molecule has 3 unspecified atom stereocenters. The van der Waals surface area contributed by atoms with Gasteiger partial charge in [0.05, 0.1) is 5.92 Å². The molecule has 0 aromatic rings. The van der Waals surface area contributed by atoms with Crippen molar-refractivity contribution in [1.82, 2.24) is 4.90 Å². The Morgan fingerprint density at radius 3 is 2.62 bits per heavy atom. The van der Waals surface area contributed by atoms with Gasteiger partial charge in [-0.25, -0.2) is 0 Å². The Bertz CT molecular complexity index is 375. The number of hydrogen-bond acceptors (Lipinski definition) is 3. The average Bonchev–Trinajstić information content (AvgIpc) is 2.72. The third-order valence-electron chi connectivity index (χ3n) is 4.71. The first-order chi connectivity index (χ1) is 10.1. The lowest BCUT2D eigenvalue weighted by Crippen LogP contribution is -2.41. The second kappa shape index (κ2) is 8.06. The lowest BCUT2D eigenvalue weighted by molar-refractivity contribution is -0.145. The number of likely N-dealkylation sites (tertiary alicyclic amines) is 1. The summed E-state index contributed by atoms with van der Waals surface area (Å²) in [7, 11) is 0. The molecule has 0 spiro atoms. The number of amides is 1. The van der Waals surface area contributed by atoms with Crippen molar-refractivity contribution in [2.24, 2.45) is 11.8 Å². The molecule has 1 saturated heterocycles. The van der Waals surface area contributed by atoms with Crippen molar-refractivity contribution < 1.29 is 14.7 Å². The summed E-state index contributed by atoms with van der Waals surface area (Å²) in [4.78, 5) is 25.9. The molecular formula is C16H27NO3S. The minimum Gasteiger partial charge on any atom is -0.481 e. The molecule has 0 aromatic heterocycles. The van der Waals surface area contributed by atoms with Crippen molar-refractivity contribution in [3.63, 3.8) is 0 Å². The van der Waals surface area contributed by atoms with Crippen molar-refractivity contribution in [3.05, 3.63) is 0 Å². The van der Waals surface area contributed by atoms with E-state index in [0.717, 1.165) is 44.5 Å². The first-order valence-corrected chi connectivity index (χ1v) is 9.29. The highest BCUT2D eigenvalue weighted by atomic mass is 32.2. The van der Waals surface area contributed by atoms with Crippen LogP contribution in [-0.4, -0.2) is 46.0 Å². The molecule has 2 aliphatic rings. The van der Waals surface area contributed by atoms with Gasteiger partial charge in [-0.2, -0.15) is 11.8 Å². The lowest BCUT2D eigenvalue weighted by atomic mass is 9.80. The van der Waals surface area contributed by atoms with Crippen LogP contribution in [-0.2, 0) is 9.59 Å². The molecule has 1 aliphatic heterocycles. The van der Waals surface area contributed by atoms with Gasteiger partial charge in [-0.15, -0.1) is 0 Å². The summed E-state index contributed by atoms with van der Waals surface area (Å²) in [5.74, 6) is 0.190. The van der Waals surface area contributed by atoms with Gasteiger partial charge in [0.15, 0.2) is 0 Å². The molecular weight excluding hydrogens is 286 g/mol. The van der Waals surface area contributed by atoms with Crippen LogP contribution in [0.3, 0.4) is 0 Å². The molecule has 1 saturated carbocycles. The Kier molecular flexibility index (Phi) is 6.40. The van der Waals surface area contributed by atoms with Crippen LogP contribution in [0.4, 0.5) is 0 Å². The van der Waals surface area contributed by atoms with Crippen LogP contribution in [0.2, 0.25) is 0 Å². The van der Waals surface area contributed by atoms with Gasteiger partial charge in [0.2, 0.25) is 5.91 Å². The Balaban J connectivity index is 1.95. The fraction of sp³-hybridized carbons (Fsp3) is 0.875. The molecule has 2 rings (SSSR count). The van der Waals surface area contributed by atoms with Crippen molar-refractivity contribution in [2.75, 3.05) is 18.8 Å². The maximum absolute atomic E-state index is 12.7. The zero-order chi connectivity index (χ0) is 15.2. The molecule has 1 aliphatic carbocycles. The molecule has 0 bridgehead atoms. The maximum Gasteiger partial charge on any atom is 0.306 e. The number of hydrogen-bond donors (Lipinski definition) is 1. The lowest BCUT2D eigenvalue weighted by Gasteiger charge is -2.32. The summed E-state index contributed by atoms with van der Waals surface area (Å²) >= 11 is 1.95. The van der Waals surface area contributed by atoms with E-state index >= 15 is 0 Å². The number of carbonyl (C=O) groups is 2. The normalized spacial score (nSPS) is 30.7. The summed E-state index contributed by atoms with van der Waals surface area (Å²) < 4.78 is 0. The largest absolute Gasteiger partial charge is 0.481 e. The van der Waals surface area contributed by atoms with Gasteiger partial charge in [0.1, 0.15) is 0 Å². The fourth-order valence-electron chi connectivity index (χ4n) is 3.57. The molecule has 21 heavy (non-hydrogen) atoms. The molecule has 3 atom stereocenters. The topological polar surface area (TPSA) is 57.6 Å². The molecule has 2 fully saturated rings. The second-order valence-corrected chi connectivity index (χ2v) is 7.83. The summed E-state index contributed by atoms with van der Waals surface area (Å²) in [5.41, 5.74) is 0. The van der Waals surface area contributed by atoms with Gasteiger partial charge in [0.25, 0.3) is 0 Å². The number of carboxylic acid groups (broad SMARTS) is 1. The van der Waals surface area contributed by atoms with Gasteiger partial charge < -0.3 is 10.0 Å². The summed E-state index contributed by atoms with van der Waals surface area (Å²) in [6.45, 7) is 3.87. The van der Waals surface area contributed by atoms with E-state index in [9.17, 15) is 14.7 Å². The van der Waals surface area contributed by atoms with Gasteiger partial charge in [-0.3, -0.25) is 9.59 Å². The minimum atomic E-state index is -0.734. The summed E-state index contributed by atoms with van der Waals surface area (Å²) in [6.07, 6.45) is 6.49. The molecule has 5 heteroatoms. The number of carbonyl (C=O) groups excluding carboxylic acids is 1. The van der Waals surface area contributed by atoms with Crippen LogP contribution < -0.4 is 0 Å². The molecule has 0 radical (unpaired) electrons. The average molecular weight is 313 g/mol. The zero-order valence-electron chi connectivity index (χ0n) is 12.9. The molecule has 120 valence electrons. The van der Waals surface area contributed by atoms with Crippen LogP contribution in [0.25, 0.3) is 0 Å². The van der Waals surface area contributed by atoms with E-state index in [1.54, 1.807) is 0 Å². The van der Waals surface area contributed by atoms with E-state index in [1.807, 2.05) is 16.7 Å². The highest BCUT2D eigenvalue weighted by Crippen LogP contribution is 2.32. The minimum absolute atomic E-state index is 0.0646. The van der Waals surface area contributed by atoms with Gasteiger partial charge in [0, 0.05) is 24.3 Å². The van der Waals surface area contributed by atoms with Crippen molar-refractivity contribution in [1.29, 1.82) is 0 Å². The SMILES string of the molecule is CCSC1CCCCN(C(=O)C2CCCC(C(=O)O)C2)C1.